The average Bonchev–Trinajstić information content (AvgIpc) is 2.62. The number of fused-ring (bicyclic) bond motifs is 1. The lowest BCUT2D eigenvalue weighted by atomic mass is 10.3. The Bertz CT molecular complexity index is 494. The fraction of sp³-hybridized carbons (Fsp3) is 0.222. The molecule has 15 heavy (non-hydrogen) atoms. The summed E-state index contributed by atoms with van der Waals surface area (Å²) in [5, 5.41) is 16.4. The summed E-state index contributed by atoms with van der Waals surface area (Å²) in [5.41, 5.74) is 6.93. The van der Waals surface area contributed by atoms with Gasteiger partial charge in [0.25, 0.3) is 0 Å². The zero-order valence-electron chi connectivity index (χ0n) is 7.87. The van der Waals surface area contributed by atoms with E-state index in [-0.39, 0.29) is 6.54 Å². The van der Waals surface area contributed by atoms with Crippen LogP contribution >= 0.6 is 0 Å². The average molecular weight is 206 g/mol. The van der Waals surface area contributed by atoms with Gasteiger partial charge in [-0.05, 0) is 12.1 Å². The molecule has 3 N–H and O–H groups in total. The summed E-state index contributed by atoms with van der Waals surface area (Å²) in [7, 11) is 0. The molecule has 6 nitrogen and oxygen atoms in total. The maximum absolute atomic E-state index is 10.6. The van der Waals surface area contributed by atoms with Crippen molar-refractivity contribution in [1.29, 1.82) is 0 Å². The van der Waals surface area contributed by atoms with E-state index in [2.05, 4.69) is 10.3 Å². The first-order valence-electron chi connectivity index (χ1n) is 4.45. The molecule has 0 saturated heterocycles. The lowest BCUT2D eigenvalue weighted by Gasteiger charge is -2.05. The van der Waals surface area contributed by atoms with E-state index in [1.54, 1.807) is 0 Å². The van der Waals surface area contributed by atoms with Gasteiger partial charge >= 0.3 is 5.97 Å². The standard InChI is InChI=1S/C9H10N4O2/c10-6(9(14)15)5-13-8-4-2-1-3-7(8)11-12-13/h1-4,6H,5,10H2,(H,14,15). The monoisotopic (exact) mass is 206 g/mol. The number of para-hydroxylation sites is 1. The highest BCUT2D eigenvalue weighted by Crippen LogP contribution is 2.09. The van der Waals surface area contributed by atoms with Crippen LogP contribution in [0, 0.1) is 0 Å². The molecule has 0 bridgehead atoms. The first-order valence-corrected chi connectivity index (χ1v) is 4.45. The second kappa shape index (κ2) is 3.66. The number of carboxylic acids is 1. The van der Waals surface area contributed by atoms with Gasteiger partial charge in [0.15, 0.2) is 0 Å². The number of carbonyl (C=O) groups is 1. The number of aromatic nitrogens is 3. The van der Waals surface area contributed by atoms with Gasteiger partial charge in [-0.15, -0.1) is 5.10 Å². The van der Waals surface area contributed by atoms with Gasteiger partial charge in [-0.25, -0.2) is 4.68 Å². The summed E-state index contributed by atoms with van der Waals surface area (Å²) < 4.78 is 1.49. The predicted molar refractivity (Wildman–Crippen MR) is 53.1 cm³/mol. The molecule has 1 heterocycles. The topological polar surface area (TPSA) is 94.0 Å². The van der Waals surface area contributed by atoms with Gasteiger partial charge in [0.2, 0.25) is 0 Å². The van der Waals surface area contributed by atoms with Gasteiger partial charge < -0.3 is 10.8 Å². The van der Waals surface area contributed by atoms with E-state index in [1.807, 2.05) is 24.3 Å². The van der Waals surface area contributed by atoms with E-state index in [0.717, 1.165) is 11.0 Å². The van der Waals surface area contributed by atoms with E-state index in [1.165, 1.54) is 4.68 Å². The second-order valence-corrected chi connectivity index (χ2v) is 3.20. The smallest absolute Gasteiger partial charge is 0.322 e. The van der Waals surface area contributed by atoms with Crippen molar-refractivity contribution in [3.8, 4) is 0 Å². The molecule has 1 aromatic carbocycles. The molecular weight excluding hydrogens is 196 g/mol. The third-order valence-electron chi connectivity index (χ3n) is 2.11. The van der Waals surface area contributed by atoms with Crippen molar-refractivity contribution in [3.05, 3.63) is 24.3 Å². The molecular formula is C9H10N4O2. The molecule has 0 radical (unpaired) electrons. The SMILES string of the molecule is NC(Cn1nnc2ccccc21)C(=O)O. The Hall–Kier alpha value is -1.95. The molecule has 0 aliphatic rings. The van der Waals surface area contributed by atoms with E-state index in [4.69, 9.17) is 10.8 Å². The number of rotatable bonds is 3. The molecule has 0 saturated carbocycles. The van der Waals surface area contributed by atoms with Gasteiger partial charge in [-0.3, -0.25) is 4.79 Å². The number of hydrogen-bond acceptors (Lipinski definition) is 4. The maximum atomic E-state index is 10.6. The second-order valence-electron chi connectivity index (χ2n) is 3.20. The molecule has 1 aromatic heterocycles. The summed E-state index contributed by atoms with van der Waals surface area (Å²) in [5.74, 6) is -1.05. The number of nitrogens with zero attached hydrogens (tertiary/aromatic N) is 3. The van der Waals surface area contributed by atoms with E-state index >= 15 is 0 Å². The van der Waals surface area contributed by atoms with Crippen LogP contribution in [0.5, 0.6) is 0 Å². The van der Waals surface area contributed by atoms with Crippen LogP contribution in [0.1, 0.15) is 0 Å². The van der Waals surface area contributed by atoms with Crippen LogP contribution in [-0.2, 0) is 11.3 Å². The van der Waals surface area contributed by atoms with Crippen LogP contribution < -0.4 is 5.73 Å². The molecule has 0 spiro atoms. The Morgan fingerprint density at radius 3 is 3.00 bits per heavy atom. The molecule has 6 heteroatoms. The molecule has 1 unspecified atom stereocenters. The van der Waals surface area contributed by atoms with Crippen molar-refractivity contribution in [1.82, 2.24) is 15.0 Å². The minimum absolute atomic E-state index is 0.121. The van der Waals surface area contributed by atoms with Crippen LogP contribution in [0.4, 0.5) is 0 Å². The summed E-state index contributed by atoms with van der Waals surface area (Å²) in [4.78, 5) is 10.6. The van der Waals surface area contributed by atoms with Crippen molar-refractivity contribution < 1.29 is 9.90 Å². The quantitative estimate of drug-likeness (QED) is 0.727. The van der Waals surface area contributed by atoms with Crippen LogP contribution in [0.15, 0.2) is 24.3 Å². The predicted octanol–water partition coefficient (Wildman–Crippen LogP) is -0.157. The Kier molecular flexibility index (Phi) is 2.34. The highest BCUT2D eigenvalue weighted by molar-refractivity contribution is 5.75. The van der Waals surface area contributed by atoms with E-state index in [0.29, 0.717) is 0 Å². The molecule has 1 atom stereocenters. The molecule has 0 amide bonds. The largest absolute Gasteiger partial charge is 0.480 e. The minimum atomic E-state index is -1.05. The molecule has 2 aromatic rings. The van der Waals surface area contributed by atoms with Crippen LogP contribution in [0.3, 0.4) is 0 Å². The molecule has 2 rings (SSSR count). The fourth-order valence-electron chi connectivity index (χ4n) is 1.32. The van der Waals surface area contributed by atoms with Crippen molar-refractivity contribution in [2.45, 2.75) is 12.6 Å². The summed E-state index contributed by atoms with van der Waals surface area (Å²) in [6.07, 6.45) is 0. The Morgan fingerprint density at radius 1 is 1.53 bits per heavy atom. The zero-order valence-corrected chi connectivity index (χ0v) is 7.87. The first kappa shape index (κ1) is 9.60. The van der Waals surface area contributed by atoms with Gasteiger partial charge in [-0.1, -0.05) is 17.3 Å². The lowest BCUT2D eigenvalue weighted by Crippen LogP contribution is -2.34. The molecule has 0 aliphatic heterocycles. The number of hydrogen-bond donors (Lipinski definition) is 2. The highest BCUT2D eigenvalue weighted by Gasteiger charge is 2.14. The van der Waals surface area contributed by atoms with Crippen molar-refractivity contribution in [2.75, 3.05) is 0 Å². The third-order valence-corrected chi connectivity index (χ3v) is 2.11. The molecule has 78 valence electrons. The van der Waals surface area contributed by atoms with Crippen LogP contribution in [0.2, 0.25) is 0 Å². The van der Waals surface area contributed by atoms with Crippen molar-refractivity contribution in [3.63, 3.8) is 0 Å². The van der Waals surface area contributed by atoms with Crippen molar-refractivity contribution >= 4 is 17.0 Å². The first-order chi connectivity index (χ1) is 7.18. The maximum Gasteiger partial charge on any atom is 0.322 e. The van der Waals surface area contributed by atoms with Gasteiger partial charge in [0.1, 0.15) is 11.6 Å². The fourth-order valence-corrected chi connectivity index (χ4v) is 1.32. The Balaban J connectivity index is 2.32. The summed E-state index contributed by atoms with van der Waals surface area (Å²) in [6, 6.07) is 6.36. The molecule has 0 aliphatic carbocycles. The highest BCUT2D eigenvalue weighted by atomic mass is 16.4. The third kappa shape index (κ3) is 1.79. The molecule has 0 fully saturated rings. The Labute approximate surface area is 85.3 Å². The number of benzene rings is 1. The van der Waals surface area contributed by atoms with E-state index < -0.39 is 12.0 Å². The van der Waals surface area contributed by atoms with Gasteiger partial charge in [0.05, 0.1) is 12.1 Å². The minimum Gasteiger partial charge on any atom is -0.480 e. The van der Waals surface area contributed by atoms with Gasteiger partial charge in [0, 0.05) is 0 Å². The summed E-state index contributed by atoms with van der Waals surface area (Å²) >= 11 is 0. The normalized spacial score (nSPS) is 12.9. The van der Waals surface area contributed by atoms with Crippen LogP contribution in [-0.4, -0.2) is 32.1 Å². The van der Waals surface area contributed by atoms with Gasteiger partial charge in [-0.2, -0.15) is 0 Å². The zero-order chi connectivity index (χ0) is 10.8. The Morgan fingerprint density at radius 2 is 2.27 bits per heavy atom. The van der Waals surface area contributed by atoms with Crippen LogP contribution in [0.25, 0.3) is 11.0 Å². The number of carboxylic acid groups (broad SMARTS) is 1. The van der Waals surface area contributed by atoms with Crippen molar-refractivity contribution in [2.24, 2.45) is 5.73 Å². The van der Waals surface area contributed by atoms with E-state index in [9.17, 15) is 4.79 Å². The lowest BCUT2D eigenvalue weighted by molar-refractivity contribution is -0.138. The number of nitrogens with two attached hydrogens (primary N) is 1. The number of aliphatic carboxylic acids is 1. The summed E-state index contributed by atoms with van der Waals surface area (Å²) in [6.45, 7) is 0.121.